The number of hydrogen-bond acceptors (Lipinski definition) is 4. The largest absolute Gasteiger partial charge is 0.482 e. The van der Waals surface area contributed by atoms with Crippen LogP contribution >= 0.6 is 0 Å². The first-order valence-electron chi connectivity index (χ1n) is 12.8. The number of carboxylic acids is 1. The summed E-state index contributed by atoms with van der Waals surface area (Å²) in [5.41, 5.74) is 3.49. The van der Waals surface area contributed by atoms with Crippen molar-refractivity contribution in [1.82, 2.24) is 18.7 Å². The molecule has 0 atom stereocenters. The molecule has 0 saturated carbocycles. The normalized spacial score (nSPS) is 11.2. The molecule has 2 aromatic heterocycles. The summed E-state index contributed by atoms with van der Waals surface area (Å²) in [5.74, 6) is -1.67. The van der Waals surface area contributed by atoms with Gasteiger partial charge in [0.1, 0.15) is 5.75 Å². The zero-order chi connectivity index (χ0) is 28.6. The van der Waals surface area contributed by atoms with Crippen LogP contribution in [0, 0.1) is 13.8 Å². The fraction of sp³-hybridized carbons (Fsp3) is 0.194. The summed E-state index contributed by atoms with van der Waals surface area (Å²) < 4.78 is 12.4. The molecule has 0 aliphatic rings. The van der Waals surface area contributed by atoms with Crippen molar-refractivity contribution in [2.24, 2.45) is 14.1 Å². The molecule has 0 fully saturated rings. The van der Waals surface area contributed by atoms with E-state index in [-0.39, 0.29) is 16.9 Å². The van der Waals surface area contributed by atoms with E-state index in [2.05, 4.69) is 0 Å². The number of ether oxygens (including phenoxy) is 1. The maximum atomic E-state index is 14.3. The highest BCUT2D eigenvalue weighted by Crippen LogP contribution is 2.38. The molecule has 0 saturated heterocycles. The van der Waals surface area contributed by atoms with Crippen LogP contribution in [0.2, 0.25) is 0 Å². The Hall–Kier alpha value is -5.05. The highest BCUT2D eigenvalue weighted by Gasteiger charge is 2.34. The van der Waals surface area contributed by atoms with Crippen molar-refractivity contribution >= 4 is 5.97 Å². The fourth-order valence-corrected chi connectivity index (χ4v) is 5.29. The zero-order valence-corrected chi connectivity index (χ0v) is 22.7. The van der Waals surface area contributed by atoms with Gasteiger partial charge in [0.2, 0.25) is 0 Å². The molecule has 3 aromatic carbocycles. The maximum Gasteiger partial charge on any atom is 0.341 e. The monoisotopic (exact) mass is 538 g/mol. The topological polar surface area (TPSA) is 100 Å². The van der Waals surface area contributed by atoms with Crippen molar-refractivity contribution in [2.75, 3.05) is 6.61 Å². The van der Waals surface area contributed by atoms with Crippen LogP contribution in [-0.4, -0.2) is 36.4 Å². The lowest BCUT2D eigenvalue weighted by atomic mass is 9.84. The molecule has 5 aromatic rings. The molecule has 0 aliphatic heterocycles. The molecule has 2 heterocycles. The second kappa shape index (κ2) is 10.6. The summed E-state index contributed by atoms with van der Waals surface area (Å²) >= 11 is 0. The van der Waals surface area contributed by atoms with E-state index in [1.54, 1.807) is 57.1 Å². The number of hydrogen-bond donors (Lipinski definition) is 1. The van der Waals surface area contributed by atoms with E-state index in [9.17, 15) is 19.5 Å². The number of carboxylic acid groups (broad SMARTS) is 1. The third kappa shape index (κ3) is 4.45. The molecule has 5 rings (SSSR count). The van der Waals surface area contributed by atoms with Gasteiger partial charge in [-0.3, -0.25) is 19.0 Å². The van der Waals surface area contributed by atoms with Crippen LogP contribution < -0.4 is 15.9 Å². The van der Waals surface area contributed by atoms with Crippen molar-refractivity contribution in [2.45, 2.75) is 19.8 Å². The van der Waals surface area contributed by atoms with Gasteiger partial charge in [0.25, 0.3) is 11.1 Å². The summed E-state index contributed by atoms with van der Waals surface area (Å²) in [6.07, 6.45) is 0. The first-order chi connectivity index (χ1) is 19.2. The molecule has 0 aliphatic carbocycles. The highest BCUT2D eigenvalue weighted by atomic mass is 16.5. The minimum atomic E-state index is -1.13. The minimum Gasteiger partial charge on any atom is -0.482 e. The highest BCUT2D eigenvalue weighted by molar-refractivity contribution is 5.68. The first-order valence-corrected chi connectivity index (χ1v) is 12.8. The molecular formula is C31H30N4O5. The molecule has 204 valence electrons. The van der Waals surface area contributed by atoms with E-state index >= 15 is 0 Å². The first kappa shape index (κ1) is 26.6. The van der Waals surface area contributed by atoms with Crippen molar-refractivity contribution in [3.8, 4) is 17.1 Å². The molecule has 9 nitrogen and oxygen atoms in total. The molecule has 40 heavy (non-hydrogen) atoms. The maximum absolute atomic E-state index is 14.3. The number of aromatic nitrogens is 4. The van der Waals surface area contributed by atoms with Gasteiger partial charge < -0.3 is 9.84 Å². The number of nitrogens with zero attached hydrogens (tertiary/aromatic N) is 4. The van der Waals surface area contributed by atoms with Gasteiger partial charge in [-0.2, -0.15) is 0 Å². The Morgan fingerprint density at radius 1 is 0.725 bits per heavy atom. The van der Waals surface area contributed by atoms with Gasteiger partial charge in [-0.15, -0.1) is 0 Å². The molecule has 1 N–H and O–H groups in total. The lowest BCUT2D eigenvalue weighted by Gasteiger charge is -2.19. The second-order valence-electron chi connectivity index (χ2n) is 9.60. The van der Waals surface area contributed by atoms with Gasteiger partial charge in [0.05, 0.1) is 28.4 Å². The smallest absolute Gasteiger partial charge is 0.341 e. The second-order valence-corrected chi connectivity index (χ2v) is 9.60. The fourth-order valence-electron chi connectivity index (χ4n) is 5.29. The summed E-state index contributed by atoms with van der Waals surface area (Å²) in [6, 6.07) is 25.5. The Balaban J connectivity index is 1.85. The Bertz CT molecular complexity index is 1710. The van der Waals surface area contributed by atoms with E-state index < -0.39 is 18.5 Å². The average Bonchev–Trinajstić information content (AvgIpc) is 3.31. The molecule has 9 heteroatoms. The Labute approximate surface area is 230 Å². The van der Waals surface area contributed by atoms with Gasteiger partial charge in [-0.05, 0) is 44.2 Å². The lowest BCUT2D eigenvalue weighted by Crippen LogP contribution is -2.26. The van der Waals surface area contributed by atoms with E-state index in [1.807, 2.05) is 74.5 Å². The van der Waals surface area contributed by atoms with Crippen LogP contribution in [-0.2, 0) is 18.9 Å². The minimum absolute atomic E-state index is 0.279. The van der Waals surface area contributed by atoms with Crippen molar-refractivity contribution in [3.05, 3.63) is 134 Å². The summed E-state index contributed by atoms with van der Waals surface area (Å²) in [4.78, 5) is 39.9. The Morgan fingerprint density at radius 2 is 1.15 bits per heavy atom. The quantitative estimate of drug-likeness (QED) is 0.323. The summed E-state index contributed by atoms with van der Waals surface area (Å²) in [5, 5.41) is 9.31. The van der Waals surface area contributed by atoms with Crippen LogP contribution in [0.25, 0.3) is 11.4 Å². The molecular weight excluding hydrogens is 508 g/mol. The Kier molecular flexibility index (Phi) is 7.04. The van der Waals surface area contributed by atoms with E-state index in [1.165, 1.54) is 0 Å². The number of rotatable bonds is 8. The SMILES string of the molecule is Cc1c(C(c2ccccc2OCC(=O)O)c2c(C)n(C)n(-c3ccccc3)c2=O)c(=O)n(-c2ccccc2)n1C. The summed E-state index contributed by atoms with van der Waals surface area (Å²) in [6.45, 7) is 3.13. The Morgan fingerprint density at radius 3 is 1.60 bits per heavy atom. The van der Waals surface area contributed by atoms with E-state index in [0.29, 0.717) is 39.5 Å². The molecule has 0 spiro atoms. The predicted octanol–water partition coefficient (Wildman–Crippen LogP) is 3.93. The summed E-state index contributed by atoms with van der Waals surface area (Å²) in [7, 11) is 3.61. The number of para-hydroxylation sites is 3. The number of aliphatic carboxylic acids is 1. The average molecular weight is 539 g/mol. The third-order valence-electron chi connectivity index (χ3n) is 7.36. The van der Waals surface area contributed by atoms with E-state index in [4.69, 9.17) is 4.74 Å². The van der Waals surface area contributed by atoms with Crippen molar-refractivity contribution < 1.29 is 14.6 Å². The van der Waals surface area contributed by atoms with Gasteiger partial charge in [0, 0.05) is 31.0 Å². The van der Waals surface area contributed by atoms with Gasteiger partial charge in [-0.25, -0.2) is 14.2 Å². The van der Waals surface area contributed by atoms with Gasteiger partial charge in [0.15, 0.2) is 6.61 Å². The zero-order valence-electron chi connectivity index (χ0n) is 22.7. The van der Waals surface area contributed by atoms with Crippen LogP contribution in [0.15, 0.2) is 94.5 Å². The van der Waals surface area contributed by atoms with Gasteiger partial charge in [-0.1, -0.05) is 54.6 Å². The lowest BCUT2D eigenvalue weighted by molar-refractivity contribution is -0.139. The standard InChI is InChI=1S/C31H30N4O5/c1-20-27(30(38)34(32(20)3)22-13-7-5-8-14-22)29(24-17-11-12-18-25(24)40-19-26(36)37)28-21(2)33(4)35(31(28)39)23-15-9-6-10-16-23/h5-18,29H,19H2,1-4H3,(H,36,37). The number of carbonyl (C=O) groups is 1. The van der Waals surface area contributed by atoms with Crippen LogP contribution in [0.5, 0.6) is 5.75 Å². The number of benzene rings is 3. The van der Waals surface area contributed by atoms with Crippen LogP contribution in [0.4, 0.5) is 0 Å². The molecule has 0 amide bonds. The van der Waals surface area contributed by atoms with E-state index in [0.717, 1.165) is 0 Å². The van der Waals surface area contributed by atoms with Gasteiger partial charge >= 0.3 is 5.97 Å². The van der Waals surface area contributed by atoms with Crippen molar-refractivity contribution in [3.63, 3.8) is 0 Å². The van der Waals surface area contributed by atoms with Crippen LogP contribution in [0.1, 0.15) is 34.0 Å². The van der Waals surface area contributed by atoms with Crippen molar-refractivity contribution in [1.29, 1.82) is 0 Å². The van der Waals surface area contributed by atoms with Crippen LogP contribution in [0.3, 0.4) is 0 Å². The molecule has 0 bridgehead atoms. The molecule has 0 radical (unpaired) electrons. The third-order valence-corrected chi connectivity index (χ3v) is 7.36. The molecule has 0 unspecified atom stereocenters. The predicted molar refractivity (Wildman–Crippen MR) is 152 cm³/mol.